The lowest BCUT2D eigenvalue weighted by atomic mass is 9.74. The Bertz CT molecular complexity index is 819. The predicted octanol–water partition coefficient (Wildman–Crippen LogP) is 3.92. The number of carbonyl (C=O) groups is 3. The van der Waals surface area contributed by atoms with E-state index >= 15 is 0 Å². The molecule has 3 atom stereocenters. The molecule has 1 aliphatic rings. The van der Waals surface area contributed by atoms with Gasteiger partial charge in [-0.2, -0.15) is 0 Å². The molecule has 1 saturated carbocycles. The lowest BCUT2D eigenvalue weighted by molar-refractivity contribution is -0.152. The van der Waals surface area contributed by atoms with Crippen LogP contribution in [-0.4, -0.2) is 29.9 Å². The number of methoxy groups -OCH3 is 1. The second-order valence-corrected chi connectivity index (χ2v) is 7.66. The van der Waals surface area contributed by atoms with Crippen molar-refractivity contribution in [3.63, 3.8) is 0 Å². The first-order valence-corrected chi connectivity index (χ1v) is 9.38. The van der Waals surface area contributed by atoms with Gasteiger partial charge in [-0.1, -0.05) is 41.9 Å². The summed E-state index contributed by atoms with van der Waals surface area (Å²) in [6.45, 7) is 0. The van der Waals surface area contributed by atoms with Gasteiger partial charge >= 0.3 is 5.97 Å². The second kappa shape index (κ2) is 8.06. The second-order valence-electron chi connectivity index (χ2n) is 6.04. The van der Waals surface area contributed by atoms with Crippen LogP contribution in [0.25, 0.3) is 0 Å². The van der Waals surface area contributed by atoms with Gasteiger partial charge in [-0.3, -0.25) is 14.4 Å². The predicted molar refractivity (Wildman–Crippen MR) is 100 cm³/mol. The van der Waals surface area contributed by atoms with E-state index in [-0.39, 0.29) is 12.2 Å². The summed E-state index contributed by atoms with van der Waals surface area (Å²) in [6.07, 6.45) is 0.126. The monoisotopic (exact) mass is 388 g/mol. The van der Waals surface area contributed by atoms with Gasteiger partial charge in [-0.25, -0.2) is 0 Å². The van der Waals surface area contributed by atoms with Crippen molar-refractivity contribution in [2.75, 3.05) is 7.11 Å². The zero-order valence-electron chi connectivity index (χ0n) is 14.1. The van der Waals surface area contributed by atoms with Crippen molar-refractivity contribution in [2.45, 2.75) is 22.5 Å². The highest BCUT2D eigenvalue weighted by Crippen LogP contribution is 2.40. The molecule has 6 heteroatoms. The van der Waals surface area contributed by atoms with Gasteiger partial charge in [-0.05, 0) is 29.8 Å². The summed E-state index contributed by atoms with van der Waals surface area (Å²) >= 11 is 7.03. The minimum atomic E-state index is -0.982. The molecule has 0 unspecified atom stereocenters. The number of hydrogen-bond donors (Lipinski definition) is 0. The number of carbonyl (C=O) groups excluding carboxylic acids is 3. The van der Waals surface area contributed by atoms with Crippen molar-refractivity contribution >= 4 is 40.9 Å². The molecule has 0 radical (unpaired) electrons. The normalized spacial score (nSPS) is 22.9. The molecule has 0 heterocycles. The highest BCUT2D eigenvalue weighted by atomic mass is 35.5. The van der Waals surface area contributed by atoms with Gasteiger partial charge in [0, 0.05) is 22.3 Å². The van der Waals surface area contributed by atoms with Crippen LogP contribution in [0.4, 0.5) is 0 Å². The summed E-state index contributed by atoms with van der Waals surface area (Å²) < 4.78 is 4.86. The molecule has 26 heavy (non-hydrogen) atoms. The van der Waals surface area contributed by atoms with Crippen LogP contribution in [-0.2, 0) is 19.1 Å². The van der Waals surface area contributed by atoms with Crippen molar-refractivity contribution in [1.29, 1.82) is 0 Å². The van der Waals surface area contributed by atoms with Crippen LogP contribution >= 0.6 is 23.4 Å². The van der Waals surface area contributed by atoms with E-state index in [1.165, 1.54) is 7.11 Å². The first-order chi connectivity index (χ1) is 12.5. The lowest BCUT2D eigenvalue weighted by Crippen LogP contribution is -2.46. The summed E-state index contributed by atoms with van der Waals surface area (Å²) in [5, 5.41) is -0.340. The molecule has 0 N–H and O–H groups in total. The zero-order chi connectivity index (χ0) is 18.7. The Morgan fingerprint density at radius 1 is 1.08 bits per heavy atom. The number of Topliss-reactive ketones (excluding diaryl/α,β-unsaturated/α-hetero) is 2. The molecule has 1 fully saturated rings. The standard InChI is InChI=1S/C20H17ClO4S/c1-25-20(24)17-15(12-5-3-2-4-6-12)11-16(22)19(18(17)23)26-14-9-7-13(21)8-10-14/h2-10,15,17,19H,11H2,1H3/t15-,17-,19+/m1/s1. The van der Waals surface area contributed by atoms with E-state index in [4.69, 9.17) is 16.3 Å². The molecule has 2 aromatic rings. The number of ether oxygens (including phenoxy) is 1. The average molecular weight is 389 g/mol. The maximum atomic E-state index is 13.0. The number of benzene rings is 2. The van der Waals surface area contributed by atoms with Crippen molar-refractivity contribution in [1.82, 2.24) is 0 Å². The van der Waals surface area contributed by atoms with Gasteiger partial charge in [0.25, 0.3) is 0 Å². The SMILES string of the molecule is COC(=O)[C@H]1C(=O)[C@@H](Sc2ccc(Cl)cc2)C(=O)C[C@@H]1c1ccccc1. The molecule has 0 aromatic heterocycles. The van der Waals surface area contributed by atoms with Crippen LogP contribution in [0.2, 0.25) is 5.02 Å². The molecule has 4 nitrogen and oxygen atoms in total. The van der Waals surface area contributed by atoms with Gasteiger partial charge in [0.15, 0.2) is 11.6 Å². The Kier molecular flexibility index (Phi) is 5.79. The van der Waals surface area contributed by atoms with Crippen LogP contribution < -0.4 is 0 Å². The highest BCUT2D eigenvalue weighted by Gasteiger charge is 2.48. The van der Waals surface area contributed by atoms with Crippen LogP contribution in [0.5, 0.6) is 0 Å². The maximum Gasteiger partial charge on any atom is 0.316 e. The maximum absolute atomic E-state index is 13.0. The fourth-order valence-corrected chi connectivity index (χ4v) is 4.33. The van der Waals surface area contributed by atoms with E-state index in [0.29, 0.717) is 5.02 Å². The number of rotatable bonds is 4. The number of esters is 1. The van der Waals surface area contributed by atoms with E-state index in [1.807, 2.05) is 30.3 Å². The first kappa shape index (κ1) is 18.7. The number of ketones is 2. The summed E-state index contributed by atoms with van der Waals surface area (Å²) in [7, 11) is 1.26. The Balaban J connectivity index is 1.91. The molecule has 0 spiro atoms. The largest absolute Gasteiger partial charge is 0.468 e. The molecule has 0 amide bonds. The van der Waals surface area contributed by atoms with Crippen LogP contribution in [0.1, 0.15) is 17.9 Å². The third-order valence-electron chi connectivity index (χ3n) is 4.43. The molecule has 0 bridgehead atoms. The van der Waals surface area contributed by atoms with Crippen LogP contribution in [0, 0.1) is 5.92 Å². The average Bonchev–Trinajstić information content (AvgIpc) is 2.66. The van der Waals surface area contributed by atoms with E-state index in [0.717, 1.165) is 22.2 Å². The Morgan fingerprint density at radius 3 is 2.35 bits per heavy atom. The Labute approximate surface area is 160 Å². The fraction of sp³-hybridized carbons (Fsp3) is 0.250. The van der Waals surface area contributed by atoms with Gasteiger partial charge in [0.2, 0.25) is 0 Å². The Morgan fingerprint density at radius 2 is 1.73 bits per heavy atom. The van der Waals surface area contributed by atoms with E-state index in [9.17, 15) is 14.4 Å². The number of halogens is 1. The van der Waals surface area contributed by atoms with Crippen molar-refractivity contribution < 1.29 is 19.1 Å². The van der Waals surface area contributed by atoms with Gasteiger partial charge in [-0.15, -0.1) is 11.8 Å². The third kappa shape index (κ3) is 3.84. The van der Waals surface area contributed by atoms with Gasteiger partial charge < -0.3 is 4.74 Å². The summed E-state index contributed by atoms with van der Waals surface area (Å²) in [4.78, 5) is 38.8. The van der Waals surface area contributed by atoms with Crippen molar-refractivity contribution in [3.8, 4) is 0 Å². The van der Waals surface area contributed by atoms with Gasteiger partial charge in [0.05, 0.1) is 7.11 Å². The molecular weight excluding hydrogens is 372 g/mol. The number of thioether (sulfide) groups is 1. The minimum absolute atomic E-state index is 0.126. The minimum Gasteiger partial charge on any atom is -0.468 e. The summed E-state index contributed by atoms with van der Waals surface area (Å²) in [5.41, 5.74) is 0.791. The lowest BCUT2D eigenvalue weighted by Gasteiger charge is -2.32. The first-order valence-electron chi connectivity index (χ1n) is 8.12. The smallest absolute Gasteiger partial charge is 0.316 e. The molecule has 134 valence electrons. The highest BCUT2D eigenvalue weighted by molar-refractivity contribution is 8.01. The quantitative estimate of drug-likeness (QED) is 0.587. The molecule has 2 aromatic carbocycles. The van der Waals surface area contributed by atoms with Crippen LogP contribution in [0.3, 0.4) is 0 Å². The van der Waals surface area contributed by atoms with Crippen molar-refractivity contribution in [3.05, 3.63) is 65.2 Å². The van der Waals surface area contributed by atoms with Gasteiger partial charge in [0.1, 0.15) is 11.2 Å². The summed E-state index contributed by atoms with van der Waals surface area (Å²) in [5.74, 6) is -2.65. The fourth-order valence-electron chi connectivity index (χ4n) is 3.15. The Hall–Kier alpha value is -2.11. The molecular formula is C20H17ClO4S. The molecule has 0 aliphatic heterocycles. The van der Waals surface area contributed by atoms with E-state index < -0.39 is 28.8 Å². The molecule has 1 aliphatic carbocycles. The topological polar surface area (TPSA) is 60.4 Å². The van der Waals surface area contributed by atoms with E-state index in [1.54, 1.807) is 24.3 Å². The van der Waals surface area contributed by atoms with Crippen LogP contribution in [0.15, 0.2) is 59.5 Å². The number of hydrogen-bond acceptors (Lipinski definition) is 5. The summed E-state index contributed by atoms with van der Waals surface area (Å²) in [6, 6.07) is 16.1. The van der Waals surface area contributed by atoms with E-state index in [2.05, 4.69) is 0 Å². The molecule has 3 rings (SSSR count). The zero-order valence-corrected chi connectivity index (χ0v) is 15.6. The third-order valence-corrected chi connectivity index (χ3v) is 5.96. The van der Waals surface area contributed by atoms with Crippen molar-refractivity contribution in [2.24, 2.45) is 5.92 Å². The molecule has 0 saturated heterocycles.